The second-order valence-corrected chi connectivity index (χ2v) is 4.25. The van der Waals surface area contributed by atoms with Gasteiger partial charge in [-0.2, -0.15) is 5.10 Å². The van der Waals surface area contributed by atoms with Crippen LogP contribution in [0.1, 0.15) is 18.9 Å². The maximum absolute atomic E-state index is 5.32. The van der Waals surface area contributed by atoms with Gasteiger partial charge in [-0.05, 0) is 34.0 Å². The number of hydrogen-bond donors (Lipinski definition) is 1. The molecule has 0 saturated carbocycles. The van der Waals surface area contributed by atoms with Gasteiger partial charge in [0, 0.05) is 5.39 Å². The molecule has 1 heterocycles. The Kier molecular flexibility index (Phi) is 2.95. The molecule has 0 saturated heterocycles. The van der Waals surface area contributed by atoms with E-state index in [0.717, 1.165) is 34.0 Å². The normalized spacial score (nSPS) is 10.9. The lowest BCUT2D eigenvalue weighted by Gasteiger charge is -2.09. The minimum Gasteiger partial charge on any atom is -0.496 e. The predicted octanol–water partition coefficient (Wildman–Crippen LogP) is 3.29. The average Bonchev–Trinajstić information content (AvgIpc) is 2.69. The van der Waals surface area contributed by atoms with E-state index in [-0.39, 0.29) is 0 Å². The molecule has 4 heteroatoms. The number of halogens is 1. The molecule has 0 atom stereocenters. The van der Waals surface area contributed by atoms with Crippen LogP contribution in [-0.2, 0) is 6.42 Å². The summed E-state index contributed by atoms with van der Waals surface area (Å²) in [5.41, 5.74) is 2.34. The van der Waals surface area contributed by atoms with Crippen molar-refractivity contribution in [3.05, 3.63) is 22.3 Å². The summed E-state index contributed by atoms with van der Waals surface area (Å²) in [4.78, 5) is 0. The minimum absolute atomic E-state index is 0.868. The van der Waals surface area contributed by atoms with Crippen molar-refractivity contribution in [3.63, 3.8) is 0 Å². The molecular formula is C11H13BrN2O. The number of methoxy groups -OCH3 is 1. The minimum atomic E-state index is 0.868. The van der Waals surface area contributed by atoms with E-state index in [9.17, 15) is 0 Å². The number of fused-ring (bicyclic) bond motifs is 1. The van der Waals surface area contributed by atoms with Crippen LogP contribution in [0.25, 0.3) is 10.9 Å². The number of rotatable bonds is 3. The lowest BCUT2D eigenvalue weighted by atomic mass is 10.1. The van der Waals surface area contributed by atoms with Gasteiger partial charge in [-0.1, -0.05) is 13.3 Å². The molecule has 0 aliphatic heterocycles. The van der Waals surface area contributed by atoms with E-state index in [1.54, 1.807) is 7.11 Å². The SMILES string of the molecule is CCCc1c(Br)c(OC)cc2cn[nH]c12. The summed E-state index contributed by atoms with van der Waals surface area (Å²) in [6.07, 6.45) is 3.93. The van der Waals surface area contributed by atoms with Crippen LogP contribution >= 0.6 is 15.9 Å². The Morgan fingerprint density at radius 2 is 2.33 bits per heavy atom. The molecule has 0 radical (unpaired) electrons. The first-order valence-electron chi connectivity index (χ1n) is 4.96. The van der Waals surface area contributed by atoms with E-state index in [4.69, 9.17) is 4.74 Å². The molecule has 80 valence electrons. The van der Waals surface area contributed by atoms with Gasteiger partial charge in [-0.3, -0.25) is 5.10 Å². The first-order valence-corrected chi connectivity index (χ1v) is 5.75. The maximum Gasteiger partial charge on any atom is 0.134 e. The van der Waals surface area contributed by atoms with Crippen LogP contribution in [0.4, 0.5) is 0 Å². The van der Waals surface area contributed by atoms with Crippen LogP contribution in [0.2, 0.25) is 0 Å². The molecular weight excluding hydrogens is 256 g/mol. The molecule has 1 aromatic heterocycles. The third-order valence-electron chi connectivity index (χ3n) is 2.46. The van der Waals surface area contributed by atoms with Crippen LogP contribution in [0, 0.1) is 0 Å². The Morgan fingerprint density at radius 3 is 3.00 bits per heavy atom. The molecule has 2 aromatic rings. The standard InChI is InChI=1S/C11H13BrN2O/c1-3-4-8-10(12)9(15-2)5-7-6-13-14-11(7)8/h5-6H,3-4H2,1-2H3,(H,13,14). The number of aromatic amines is 1. The van der Waals surface area contributed by atoms with Crippen molar-refractivity contribution in [2.75, 3.05) is 7.11 Å². The van der Waals surface area contributed by atoms with Crippen molar-refractivity contribution in [1.82, 2.24) is 10.2 Å². The number of aromatic nitrogens is 2. The van der Waals surface area contributed by atoms with Gasteiger partial charge in [0.05, 0.1) is 23.3 Å². The van der Waals surface area contributed by atoms with Gasteiger partial charge in [0.1, 0.15) is 5.75 Å². The summed E-state index contributed by atoms with van der Waals surface area (Å²) in [5.74, 6) is 0.868. The largest absolute Gasteiger partial charge is 0.496 e. The fourth-order valence-corrected chi connectivity index (χ4v) is 2.42. The Morgan fingerprint density at radius 1 is 1.53 bits per heavy atom. The predicted molar refractivity (Wildman–Crippen MR) is 64.3 cm³/mol. The highest BCUT2D eigenvalue weighted by Crippen LogP contribution is 2.34. The van der Waals surface area contributed by atoms with Crippen molar-refractivity contribution in [3.8, 4) is 5.75 Å². The van der Waals surface area contributed by atoms with Crippen LogP contribution in [0.3, 0.4) is 0 Å². The number of aryl methyl sites for hydroxylation is 1. The molecule has 0 aliphatic rings. The van der Waals surface area contributed by atoms with Gasteiger partial charge in [0.2, 0.25) is 0 Å². The molecule has 0 bridgehead atoms. The van der Waals surface area contributed by atoms with Gasteiger partial charge >= 0.3 is 0 Å². The molecule has 0 amide bonds. The number of nitrogens with one attached hydrogen (secondary N) is 1. The molecule has 0 aliphatic carbocycles. The third-order valence-corrected chi connectivity index (χ3v) is 3.33. The van der Waals surface area contributed by atoms with Crippen molar-refractivity contribution < 1.29 is 4.74 Å². The quantitative estimate of drug-likeness (QED) is 0.928. The molecule has 0 unspecified atom stereocenters. The van der Waals surface area contributed by atoms with Gasteiger partial charge in [0.25, 0.3) is 0 Å². The summed E-state index contributed by atoms with van der Waals surface area (Å²) in [6.45, 7) is 2.16. The Labute approximate surface area is 97.0 Å². The highest BCUT2D eigenvalue weighted by Gasteiger charge is 2.12. The lowest BCUT2D eigenvalue weighted by molar-refractivity contribution is 0.412. The summed E-state index contributed by atoms with van der Waals surface area (Å²) in [7, 11) is 1.68. The van der Waals surface area contributed by atoms with Gasteiger partial charge in [0.15, 0.2) is 0 Å². The topological polar surface area (TPSA) is 37.9 Å². The summed E-state index contributed by atoms with van der Waals surface area (Å²) in [6, 6.07) is 1.99. The van der Waals surface area contributed by atoms with Crippen LogP contribution in [0.5, 0.6) is 5.75 Å². The molecule has 0 spiro atoms. The van der Waals surface area contributed by atoms with Crippen LogP contribution in [-0.4, -0.2) is 17.3 Å². The number of H-pyrrole nitrogens is 1. The molecule has 1 N–H and O–H groups in total. The Balaban J connectivity index is 2.70. The maximum atomic E-state index is 5.32. The van der Waals surface area contributed by atoms with E-state index in [2.05, 4.69) is 33.1 Å². The second-order valence-electron chi connectivity index (χ2n) is 3.46. The fourth-order valence-electron chi connectivity index (χ4n) is 1.74. The fraction of sp³-hybridized carbons (Fsp3) is 0.364. The van der Waals surface area contributed by atoms with Gasteiger partial charge in [-0.15, -0.1) is 0 Å². The zero-order chi connectivity index (χ0) is 10.8. The van der Waals surface area contributed by atoms with E-state index >= 15 is 0 Å². The van der Waals surface area contributed by atoms with E-state index < -0.39 is 0 Å². The van der Waals surface area contributed by atoms with E-state index in [0.29, 0.717) is 0 Å². The van der Waals surface area contributed by atoms with E-state index in [1.165, 1.54) is 5.56 Å². The van der Waals surface area contributed by atoms with Gasteiger partial charge < -0.3 is 4.74 Å². The number of ether oxygens (including phenoxy) is 1. The summed E-state index contributed by atoms with van der Waals surface area (Å²) >= 11 is 3.58. The molecule has 15 heavy (non-hydrogen) atoms. The zero-order valence-corrected chi connectivity index (χ0v) is 10.4. The first kappa shape index (κ1) is 10.5. The van der Waals surface area contributed by atoms with Crippen LogP contribution < -0.4 is 4.74 Å². The van der Waals surface area contributed by atoms with Crippen molar-refractivity contribution in [2.45, 2.75) is 19.8 Å². The monoisotopic (exact) mass is 268 g/mol. The average molecular weight is 269 g/mol. The van der Waals surface area contributed by atoms with Crippen molar-refractivity contribution in [1.29, 1.82) is 0 Å². The van der Waals surface area contributed by atoms with Crippen molar-refractivity contribution in [2.24, 2.45) is 0 Å². The smallest absolute Gasteiger partial charge is 0.134 e. The molecule has 3 nitrogen and oxygen atoms in total. The molecule has 0 fully saturated rings. The third kappa shape index (κ3) is 1.74. The van der Waals surface area contributed by atoms with Gasteiger partial charge in [-0.25, -0.2) is 0 Å². The second kappa shape index (κ2) is 4.23. The van der Waals surface area contributed by atoms with Crippen molar-refractivity contribution >= 4 is 26.8 Å². The number of benzene rings is 1. The number of nitrogens with zero attached hydrogens (tertiary/aromatic N) is 1. The lowest BCUT2D eigenvalue weighted by Crippen LogP contribution is -1.92. The Hall–Kier alpha value is -1.03. The number of hydrogen-bond acceptors (Lipinski definition) is 2. The molecule has 2 rings (SSSR count). The summed E-state index contributed by atoms with van der Waals surface area (Å²) < 4.78 is 6.35. The highest BCUT2D eigenvalue weighted by atomic mass is 79.9. The van der Waals surface area contributed by atoms with Crippen LogP contribution in [0.15, 0.2) is 16.7 Å². The first-order chi connectivity index (χ1) is 7.27. The zero-order valence-electron chi connectivity index (χ0n) is 8.80. The summed E-state index contributed by atoms with van der Waals surface area (Å²) in [5, 5.41) is 8.18. The highest BCUT2D eigenvalue weighted by molar-refractivity contribution is 9.10. The molecule has 1 aromatic carbocycles. The Bertz CT molecular complexity index is 479. The van der Waals surface area contributed by atoms with E-state index in [1.807, 2.05) is 12.3 Å².